The van der Waals surface area contributed by atoms with E-state index in [1.807, 2.05) is 6.20 Å². The Morgan fingerprint density at radius 1 is 1.28 bits per heavy atom. The quantitative estimate of drug-likeness (QED) is 0.755. The highest BCUT2D eigenvalue weighted by atomic mass is 16.4. The molecule has 0 bridgehead atoms. The van der Waals surface area contributed by atoms with E-state index in [9.17, 15) is 0 Å². The third-order valence-electron chi connectivity index (χ3n) is 2.79. The number of rotatable bonds is 7. The molecular formula is C15H28N2O. The zero-order valence-corrected chi connectivity index (χ0v) is 12.5. The lowest BCUT2D eigenvalue weighted by atomic mass is 9.90. The van der Waals surface area contributed by atoms with Gasteiger partial charge in [-0.25, -0.2) is 4.98 Å². The fourth-order valence-electron chi connectivity index (χ4n) is 1.66. The van der Waals surface area contributed by atoms with Crippen LogP contribution in [0.5, 0.6) is 0 Å². The van der Waals surface area contributed by atoms with E-state index in [2.05, 4.69) is 44.9 Å². The van der Waals surface area contributed by atoms with Crippen molar-refractivity contribution in [2.24, 2.45) is 11.3 Å². The fraction of sp³-hybridized carbons (Fsp3) is 0.800. The van der Waals surface area contributed by atoms with Gasteiger partial charge in [-0.2, -0.15) is 0 Å². The number of aryl methyl sites for hydroxylation is 1. The molecule has 0 saturated carbocycles. The normalized spacial score (nSPS) is 12.3. The topological polar surface area (TPSA) is 38.1 Å². The van der Waals surface area contributed by atoms with Gasteiger partial charge in [0.05, 0.1) is 6.20 Å². The lowest BCUT2D eigenvalue weighted by Crippen LogP contribution is -2.22. The van der Waals surface area contributed by atoms with E-state index in [1.165, 1.54) is 0 Å². The predicted molar refractivity (Wildman–Crippen MR) is 75.7 cm³/mol. The summed E-state index contributed by atoms with van der Waals surface area (Å²) >= 11 is 0. The molecule has 0 aliphatic heterocycles. The predicted octanol–water partition coefficient (Wildman–Crippen LogP) is 3.44. The maximum absolute atomic E-state index is 5.73. The first-order chi connectivity index (χ1) is 8.37. The molecule has 1 heterocycles. The van der Waals surface area contributed by atoms with Gasteiger partial charge in [0.15, 0.2) is 5.89 Å². The molecular weight excluding hydrogens is 224 g/mol. The van der Waals surface area contributed by atoms with Crippen LogP contribution in [-0.2, 0) is 12.8 Å². The average Bonchev–Trinajstić information content (AvgIpc) is 2.68. The van der Waals surface area contributed by atoms with Crippen LogP contribution in [0.25, 0.3) is 0 Å². The maximum atomic E-state index is 5.73. The molecule has 0 aliphatic carbocycles. The summed E-state index contributed by atoms with van der Waals surface area (Å²) in [5.74, 6) is 2.57. The van der Waals surface area contributed by atoms with Crippen molar-refractivity contribution in [1.82, 2.24) is 10.3 Å². The van der Waals surface area contributed by atoms with Crippen molar-refractivity contribution >= 4 is 0 Å². The van der Waals surface area contributed by atoms with Gasteiger partial charge in [-0.3, -0.25) is 0 Å². The van der Waals surface area contributed by atoms with Gasteiger partial charge >= 0.3 is 0 Å². The Bertz CT molecular complexity index is 337. The van der Waals surface area contributed by atoms with Crippen molar-refractivity contribution < 1.29 is 4.42 Å². The van der Waals surface area contributed by atoms with Gasteiger partial charge in [0.1, 0.15) is 5.76 Å². The van der Waals surface area contributed by atoms with Gasteiger partial charge in [0, 0.05) is 19.4 Å². The van der Waals surface area contributed by atoms with E-state index >= 15 is 0 Å². The van der Waals surface area contributed by atoms with Gasteiger partial charge in [0.25, 0.3) is 0 Å². The van der Waals surface area contributed by atoms with E-state index in [0.29, 0.717) is 11.3 Å². The molecule has 0 amide bonds. The fourth-order valence-corrected chi connectivity index (χ4v) is 1.66. The van der Waals surface area contributed by atoms with E-state index < -0.39 is 0 Å². The van der Waals surface area contributed by atoms with Gasteiger partial charge < -0.3 is 9.73 Å². The van der Waals surface area contributed by atoms with Crippen molar-refractivity contribution in [2.75, 3.05) is 13.1 Å². The minimum atomic E-state index is 0.353. The van der Waals surface area contributed by atoms with Gasteiger partial charge in [-0.15, -0.1) is 0 Å². The largest absolute Gasteiger partial charge is 0.446 e. The van der Waals surface area contributed by atoms with Crippen molar-refractivity contribution in [1.29, 1.82) is 0 Å². The third kappa shape index (κ3) is 6.80. The average molecular weight is 252 g/mol. The molecule has 1 rings (SSSR count). The van der Waals surface area contributed by atoms with Gasteiger partial charge in [-0.05, 0) is 24.3 Å². The van der Waals surface area contributed by atoms with Crippen LogP contribution in [-0.4, -0.2) is 18.1 Å². The monoisotopic (exact) mass is 252 g/mol. The molecule has 0 radical (unpaired) electrons. The van der Waals surface area contributed by atoms with Crippen LogP contribution in [0.1, 0.15) is 52.7 Å². The van der Waals surface area contributed by atoms with Crippen LogP contribution in [0, 0.1) is 11.3 Å². The third-order valence-corrected chi connectivity index (χ3v) is 2.79. The Morgan fingerprint density at radius 2 is 2.00 bits per heavy atom. The summed E-state index contributed by atoms with van der Waals surface area (Å²) in [7, 11) is 0. The van der Waals surface area contributed by atoms with Crippen LogP contribution in [0.2, 0.25) is 0 Å². The van der Waals surface area contributed by atoms with Crippen LogP contribution in [0.3, 0.4) is 0 Å². The van der Waals surface area contributed by atoms with Crippen LogP contribution >= 0.6 is 0 Å². The highest BCUT2D eigenvalue weighted by molar-refractivity contribution is 4.95. The second-order valence-corrected chi connectivity index (χ2v) is 6.63. The molecule has 104 valence electrons. The zero-order valence-electron chi connectivity index (χ0n) is 12.5. The second kappa shape index (κ2) is 6.93. The van der Waals surface area contributed by atoms with E-state index in [0.717, 1.165) is 44.0 Å². The molecule has 1 N–H and O–H groups in total. The molecule has 3 heteroatoms. The summed E-state index contributed by atoms with van der Waals surface area (Å²) in [6.07, 6.45) is 4.87. The Kier molecular flexibility index (Phi) is 5.86. The number of aromatic nitrogens is 1. The molecule has 0 aliphatic rings. The van der Waals surface area contributed by atoms with E-state index in [1.54, 1.807) is 0 Å². The molecule has 0 spiro atoms. The smallest absolute Gasteiger partial charge is 0.195 e. The Labute approximate surface area is 111 Å². The molecule has 0 saturated heterocycles. The first-order valence-corrected chi connectivity index (χ1v) is 7.01. The standard InChI is InChI=1S/C15H28N2O/c1-12(2)10-16-9-7-14-17-11-13(18-14)6-8-15(3,4)5/h11-12,16H,6-10H2,1-5H3. The first-order valence-electron chi connectivity index (χ1n) is 7.01. The Morgan fingerprint density at radius 3 is 2.61 bits per heavy atom. The van der Waals surface area contributed by atoms with Crippen LogP contribution < -0.4 is 5.32 Å². The molecule has 3 nitrogen and oxygen atoms in total. The highest BCUT2D eigenvalue weighted by Crippen LogP contribution is 2.21. The molecule has 0 atom stereocenters. The summed E-state index contributed by atoms with van der Waals surface area (Å²) in [4.78, 5) is 4.33. The first kappa shape index (κ1) is 15.2. The van der Waals surface area contributed by atoms with Crippen molar-refractivity contribution in [3.63, 3.8) is 0 Å². The molecule has 0 unspecified atom stereocenters. The zero-order chi connectivity index (χ0) is 13.6. The number of nitrogens with one attached hydrogen (secondary N) is 1. The molecule has 0 fully saturated rings. The minimum absolute atomic E-state index is 0.353. The maximum Gasteiger partial charge on any atom is 0.195 e. The summed E-state index contributed by atoms with van der Waals surface area (Å²) in [5, 5.41) is 3.40. The van der Waals surface area contributed by atoms with Crippen molar-refractivity contribution in [2.45, 2.75) is 53.9 Å². The Hall–Kier alpha value is -0.830. The Balaban J connectivity index is 2.26. The molecule has 0 aromatic carbocycles. The minimum Gasteiger partial charge on any atom is -0.446 e. The summed E-state index contributed by atoms with van der Waals surface area (Å²) in [5.41, 5.74) is 0.353. The molecule has 18 heavy (non-hydrogen) atoms. The number of hydrogen-bond donors (Lipinski definition) is 1. The van der Waals surface area contributed by atoms with Gasteiger partial charge in [-0.1, -0.05) is 34.6 Å². The summed E-state index contributed by atoms with van der Waals surface area (Å²) in [6, 6.07) is 0. The highest BCUT2D eigenvalue weighted by Gasteiger charge is 2.12. The summed E-state index contributed by atoms with van der Waals surface area (Å²) in [6.45, 7) is 13.2. The second-order valence-electron chi connectivity index (χ2n) is 6.63. The van der Waals surface area contributed by atoms with Crippen molar-refractivity contribution in [3.05, 3.63) is 17.8 Å². The van der Waals surface area contributed by atoms with E-state index in [4.69, 9.17) is 4.42 Å². The number of hydrogen-bond acceptors (Lipinski definition) is 3. The van der Waals surface area contributed by atoms with Crippen molar-refractivity contribution in [3.8, 4) is 0 Å². The molecule has 1 aromatic rings. The lowest BCUT2D eigenvalue weighted by Gasteiger charge is -2.16. The summed E-state index contributed by atoms with van der Waals surface area (Å²) < 4.78 is 5.73. The molecule has 1 aromatic heterocycles. The van der Waals surface area contributed by atoms with Gasteiger partial charge in [0.2, 0.25) is 0 Å². The van der Waals surface area contributed by atoms with Crippen LogP contribution in [0.15, 0.2) is 10.6 Å². The van der Waals surface area contributed by atoms with Crippen LogP contribution in [0.4, 0.5) is 0 Å². The number of oxazole rings is 1. The SMILES string of the molecule is CC(C)CNCCc1ncc(CCC(C)(C)C)o1. The van der Waals surface area contributed by atoms with E-state index in [-0.39, 0.29) is 0 Å². The lowest BCUT2D eigenvalue weighted by molar-refractivity contribution is 0.353. The number of nitrogens with zero attached hydrogens (tertiary/aromatic N) is 1.